The summed E-state index contributed by atoms with van der Waals surface area (Å²) in [6.45, 7) is 10.9. The van der Waals surface area contributed by atoms with Gasteiger partial charge in [0.05, 0.1) is 24.5 Å². The first-order valence-corrected chi connectivity index (χ1v) is 15.4. The van der Waals surface area contributed by atoms with E-state index in [1.54, 1.807) is 6.08 Å². The summed E-state index contributed by atoms with van der Waals surface area (Å²) in [5.41, 5.74) is 1.17. The molecule has 3 aliphatic carbocycles. The van der Waals surface area contributed by atoms with Gasteiger partial charge in [-0.05, 0) is 107 Å². The van der Waals surface area contributed by atoms with Crippen molar-refractivity contribution in [3.05, 3.63) is 41.7 Å². The Hall–Kier alpha value is -2.90. The maximum absolute atomic E-state index is 13.2. The van der Waals surface area contributed by atoms with E-state index < -0.39 is 11.7 Å². The van der Waals surface area contributed by atoms with Crippen LogP contribution in [-0.2, 0) is 27.4 Å². The molecule has 3 saturated carbocycles. The standard InChI is InChI=1S/C33H48N4O4/c1-31(2,3)41-30(40)35-20-23-9-7-8-22(36-23)19-34-28(38)18-21-10-12-25-24-11-13-27-33(5,17-15-29(39)37(27)6)26(24)14-16-32(21,25)4/h7-9,15,17,21,24-27H,10-14,16,18-20H2,1-6H3,(H,34,38)(H,35,40)/t21-,24?,25?,26?,27?,32-,33-/m1/s1. The van der Waals surface area contributed by atoms with E-state index >= 15 is 0 Å². The van der Waals surface area contributed by atoms with Crippen molar-refractivity contribution >= 4 is 17.9 Å². The molecule has 0 aromatic carbocycles. The summed E-state index contributed by atoms with van der Waals surface area (Å²) in [6.07, 6.45) is 11.0. The van der Waals surface area contributed by atoms with Crippen LogP contribution in [0.3, 0.4) is 0 Å². The lowest BCUT2D eigenvalue weighted by molar-refractivity contribution is -0.139. The van der Waals surface area contributed by atoms with Crippen LogP contribution in [0, 0.1) is 34.5 Å². The van der Waals surface area contributed by atoms with E-state index in [9.17, 15) is 14.4 Å². The average molecular weight is 565 g/mol. The van der Waals surface area contributed by atoms with Crippen LogP contribution in [0.1, 0.15) is 91.0 Å². The van der Waals surface area contributed by atoms with E-state index in [0.29, 0.717) is 42.7 Å². The Bertz CT molecular complexity index is 1210. The highest BCUT2D eigenvalue weighted by Gasteiger charge is 2.60. The van der Waals surface area contributed by atoms with Crippen molar-refractivity contribution in [2.45, 2.75) is 104 Å². The fourth-order valence-electron chi connectivity index (χ4n) is 8.87. The third kappa shape index (κ3) is 5.89. The Kier molecular flexibility index (Phi) is 7.99. The number of alkyl carbamates (subject to hydrolysis) is 1. The van der Waals surface area contributed by atoms with Crippen molar-refractivity contribution in [1.82, 2.24) is 20.5 Å². The topological polar surface area (TPSA) is 101 Å². The summed E-state index contributed by atoms with van der Waals surface area (Å²) in [7, 11) is 1.97. The first-order chi connectivity index (χ1) is 19.3. The molecule has 0 radical (unpaired) electrons. The normalized spacial score (nSPS) is 34.3. The highest BCUT2D eigenvalue weighted by molar-refractivity contribution is 5.89. The van der Waals surface area contributed by atoms with Gasteiger partial charge in [-0.15, -0.1) is 0 Å². The number of fused-ring (bicyclic) bond motifs is 5. The zero-order valence-electron chi connectivity index (χ0n) is 25.7. The first kappa shape index (κ1) is 29.6. The van der Waals surface area contributed by atoms with Crippen molar-refractivity contribution in [1.29, 1.82) is 0 Å². The largest absolute Gasteiger partial charge is 0.444 e. The number of aromatic nitrogens is 1. The SMILES string of the molecule is CN1C(=O)C=C[C@]2(C)C3CC[C@@]4(C)C(CC[C@@H]4CC(=O)NCc4cccc(CNC(=O)OC(C)(C)C)n4)C3CCC12. The number of rotatable bonds is 6. The Morgan fingerprint density at radius 1 is 1.02 bits per heavy atom. The molecule has 3 fully saturated rings. The third-order valence-electron chi connectivity index (χ3n) is 10.9. The van der Waals surface area contributed by atoms with Gasteiger partial charge in [-0.2, -0.15) is 0 Å². The van der Waals surface area contributed by atoms with E-state index in [1.807, 2.05) is 50.9 Å². The summed E-state index contributed by atoms with van der Waals surface area (Å²) in [5.74, 6) is 2.52. The molecule has 0 spiro atoms. The molecule has 1 aliphatic heterocycles. The molecule has 3 amide bonds. The van der Waals surface area contributed by atoms with Gasteiger partial charge in [0.2, 0.25) is 11.8 Å². The summed E-state index contributed by atoms with van der Waals surface area (Å²) in [4.78, 5) is 44.1. The summed E-state index contributed by atoms with van der Waals surface area (Å²) < 4.78 is 5.29. The minimum atomic E-state index is -0.553. The number of carbonyl (C=O) groups excluding carboxylic acids is 3. The molecule has 224 valence electrons. The molecule has 0 saturated heterocycles. The molecule has 4 aliphatic rings. The highest BCUT2D eigenvalue weighted by Crippen LogP contribution is 2.65. The summed E-state index contributed by atoms with van der Waals surface area (Å²) in [5, 5.41) is 5.85. The van der Waals surface area contributed by atoms with Gasteiger partial charge in [-0.25, -0.2) is 4.79 Å². The number of carbonyl (C=O) groups is 3. The molecule has 7 atom stereocenters. The molecular weight excluding hydrogens is 516 g/mol. The monoisotopic (exact) mass is 564 g/mol. The second kappa shape index (κ2) is 11.1. The first-order valence-electron chi connectivity index (χ1n) is 15.4. The van der Waals surface area contributed by atoms with E-state index in [1.165, 1.54) is 19.3 Å². The van der Waals surface area contributed by atoms with Crippen molar-refractivity contribution < 1.29 is 19.1 Å². The number of nitrogens with one attached hydrogen (secondary N) is 2. The van der Waals surface area contributed by atoms with Gasteiger partial charge in [-0.1, -0.05) is 26.0 Å². The number of nitrogens with zero attached hydrogens (tertiary/aromatic N) is 2. The zero-order valence-corrected chi connectivity index (χ0v) is 25.7. The second-order valence-corrected chi connectivity index (χ2v) is 14.4. The molecule has 2 N–H and O–H groups in total. The lowest BCUT2D eigenvalue weighted by Crippen LogP contribution is -2.59. The van der Waals surface area contributed by atoms with Crippen molar-refractivity contribution in [2.75, 3.05) is 7.05 Å². The molecule has 8 nitrogen and oxygen atoms in total. The predicted octanol–water partition coefficient (Wildman–Crippen LogP) is 5.37. The second-order valence-electron chi connectivity index (χ2n) is 14.4. The Morgan fingerprint density at radius 3 is 2.44 bits per heavy atom. The van der Waals surface area contributed by atoms with Crippen LogP contribution < -0.4 is 10.6 Å². The molecule has 4 unspecified atom stereocenters. The maximum Gasteiger partial charge on any atom is 0.407 e. The van der Waals surface area contributed by atoms with Crippen LogP contribution in [0.5, 0.6) is 0 Å². The third-order valence-corrected chi connectivity index (χ3v) is 10.9. The van der Waals surface area contributed by atoms with Crippen LogP contribution >= 0.6 is 0 Å². The van der Waals surface area contributed by atoms with Gasteiger partial charge in [0, 0.05) is 24.9 Å². The fourth-order valence-corrected chi connectivity index (χ4v) is 8.87. The number of hydrogen-bond donors (Lipinski definition) is 2. The molecular formula is C33H48N4O4. The van der Waals surface area contributed by atoms with Crippen LogP contribution in [0.15, 0.2) is 30.4 Å². The lowest BCUT2D eigenvalue weighted by Gasteiger charge is -2.60. The van der Waals surface area contributed by atoms with Gasteiger partial charge >= 0.3 is 6.09 Å². The predicted molar refractivity (Wildman–Crippen MR) is 157 cm³/mol. The Morgan fingerprint density at radius 2 is 1.73 bits per heavy atom. The number of amides is 3. The maximum atomic E-state index is 13.2. The number of pyridine rings is 1. The summed E-state index contributed by atoms with van der Waals surface area (Å²) in [6, 6.07) is 5.94. The smallest absolute Gasteiger partial charge is 0.407 e. The minimum Gasteiger partial charge on any atom is -0.444 e. The van der Waals surface area contributed by atoms with Gasteiger partial charge in [0.1, 0.15) is 5.60 Å². The van der Waals surface area contributed by atoms with Crippen molar-refractivity contribution in [2.24, 2.45) is 34.5 Å². The number of ether oxygens (including phenoxy) is 1. The number of likely N-dealkylation sites (N-methyl/N-ethyl adjacent to an activating group) is 1. The van der Waals surface area contributed by atoms with Gasteiger partial charge < -0.3 is 20.3 Å². The van der Waals surface area contributed by atoms with Gasteiger partial charge in [-0.3, -0.25) is 14.6 Å². The van der Waals surface area contributed by atoms with E-state index in [2.05, 4.69) is 35.5 Å². The molecule has 1 aromatic heterocycles. The number of hydrogen-bond acceptors (Lipinski definition) is 5. The molecule has 5 rings (SSSR count). The van der Waals surface area contributed by atoms with E-state index in [-0.39, 0.29) is 29.2 Å². The molecule has 2 heterocycles. The van der Waals surface area contributed by atoms with Crippen LogP contribution in [-0.4, -0.2) is 46.5 Å². The van der Waals surface area contributed by atoms with Gasteiger partial charge in [0.25, 0.3) is 0 Å². The van der Waals surface area contributed by atoms with Crippen LogP contribution in [0.2, 0.25) is 0 Å². The zero-order chi connectivity index (χ0) is 29.6. The van der Waals surface area contributed by atoms with Crippen LogP contribution in [0.4, 0.5) is 4.79 Å². The molecule has 1 aromatic rings. The summed E-state index contributed by atoms with van der Waals surface area (Å²) >= 11 is 0. The highest BCUT2D eigenvalue weighted by atomic mass is 16.6. The van der Waals surface area contributed by atoms with Crippen molar-refractivity contribution in [3.8, 4) is 0 Å². The molecule has 8 heteroatoms. The Labute approximate surface area is 245 Å². The van der Waals surface area contributed by atoms with E-state index in [4.69, 9.17) is 4.74 Å². The fraction of sp³-hybridized carbons (Fsp3) is 0.697. The van der Waals surface area contributed by atoms with Crippen LogP contribution in [0.25, 0.3) is 0 Å². The van der Waals surface area contributed by atoms with Gasteiger partial charge in [0.15, 0.2) is 0 Å². The quantitative estimate of drug-likeness (QED) is 0.484. The average Bonchev–Trinajstić information content (AvgIpc) is 3.24. The van der Waals surface area contributed by atoms with E-state index in [0.717, 1.165) is 30.7 Å². The lowest BCUT2D eigenvalue weighted by atomic mass is 9.47. The Balaban J connectivity index is 1.15. The van der Waals surface area contributed by atoms with Crippen molar-refractivity contribution in [3.63, 3.8) is 0 Å². The molecule has 0 bridgehead atoms. The minimum absolute atomic E-state index is 0.0479. The molecule has 41 heavy (non-hydrogen) atoms.